The maximum atomic E-state index is 13.0. The highest BCUT2D eigenvalue weighted by molar-refractivity contribution is 7.88. The topological polar surface area (TPSA) is 97.0 Å². The van der Waals surface area contributed by atoms with Crippen LogP contribution in [0.25, 0.3) is 16.8 Å². The first-order valence-corrected chi connectivity index (χ1v) is 12.6. The largest absolute Gasteiger partial charge is 0.336 e. The van der Waals surface area contributed by atoms with Crippen LogP contribution < -0.4 is 5.56 Å². The lowest BCUT2D eigenvalue weighted by atomic mass is 10.1. The molecule has 1 aliphatic rings. The van der Waals surface area contributed by atoms with Crippen LogP contribution in [0.1, 0.15) is 17.3 Å². The quantitative estimate of drug-likeness (QED) is 0.511. The van der Waals surface area contributed by atoms with Crippen molar-refractivity contribution in [2.75, 3.05) is 32.4 Å². The number of carbonyl (C=O) groups excluding carboxylic acids is 1. The van der Waals surface area contributed by atoms with Gasteiger partial charge in [0.2, 0.25) is 10.0 Å². The van der Waals surface area contributed by atoms with Crippen LogP contribution in [0.15, 0.2) is 53.9 Å². The molecule has 0 unspecified atom stereocenters. The van der Waals surface area contributed by atoms with E-state index in [2.05, 4.69) is 4.98 Å². The maximum absolute atomic E-state index is 13.0. The summed E-state index contributed by atoms with van der Waals surface area (Å²) in [6.45, 7) is 3.43. The van der Waals surface area contributed by atoms with Crippen LogP contribution in [0.3, 0.4) is 0 Å². The first kappa shape index (κ1) is 23.2. The third kappa shape index (κ3) is 4.59. The second kappa shape index (κ2) is 9.12. The van der Waals surface area contributed by atoms with E-state index in [1.165, 1.54) is 16.8 Å². The van der Waals surface area contributed by atoms with Gasteiger partial charge in [-0.1, -0.05) is 29.8 Å². The molecule has 1 aromatic carbocycles. The molecule has 0 spiro atoms. The van der Waals surface area contributed by atoms with E-state index in [1.807, 2.05) is 19.1 Å². The van der Waals surface area contributed by atoms with Gasteiger partial charge in [0.25, 0.3) is 11.5 Å². The molecule has 0 atom stereocenters. The van der Waals surface area contributed by atoms with Crippen LogP contribution in [0.5, 0.6) is 0 Å². The van der Waals surface area contributed by atoms with Crippen LogP contribution in [0.2, 0.25) is 5.02 Å². The molecule has 4 rings (SSSR count). The monoisotopic (exact) mass is 489 g/mol. The Morgan fingerprint density at radius 1 is 1.21 bits per heavy atom. The van der Waals surface area contributed by atoms with Crippen molar-refractivity contribution in [2.24, 2.45) is 0 Å². The van der Waals surface area contributed by atoms with Gasteiger partial charge in [-0.3, -0.25) is 14.0 Å². The third-order valence-corrected chi connectivity index (χ3v) is 7.30. The Bertz CT molecular complexity index is 1400. The van der Waals surface area contributed by atoms with Crippen molar-refractivity contribution < 1.29 is 13.2 Å². The summed E-state index contributed by atoms with van der Waals surface area (Å²) in [5.74, 6) is -0.245. The number of fused-ring (bicyclic) bond motifs is 1. The summed E-state index contributed by atoms with van der Waals surface area (Å²) in [6, 6.07) is 5.14. The second-order valence-electron chi connectivity index (χ2n) is 7.84. The first-order chi connectivity index (χ1) is 15.7. The predicted molar refractivity (Wildman–Crippen MR) is 127 cm³/mol. The lowest BCUT2D eigenvalue weighted by Crippen LogP contribution is -2.50. The van der Waals surface area contributed by atoms with E-state index in [-0.39, 0.29) is 29.6 Å². The fraction of sp³-hybridized carbons (Fsp3) is 0.318. The van der Waals surface area contributed by atoms with E-state index in [1.54, 1.807) is 44.6 Å². The zero-order valence-electron chi connectivity index (χ0n) is 18.3. The number of allylic oxidation sites excluding steroid dienone is 2. The van der Waals surface area contributed by atoms with Crippen LogP contribution in [-0.2, 0) is 16.6 Å². The summed E-state index contributed by atoms with van der Waals surface area (Å²) < 4.78 is 28.1. The molecule has 0 aliphatic carbocycles. The van der Waals surface area contributed by atoms with Gasteiger partial charge in [-0.2, -0.15) is 4.31 Å². The Balaban J connectivity index is 1.64. The summed E-state index contributed by atoms with van der Waals surface area (Å²) >= 11 is 6.52. The summed E-state index contributed by atoms with van der Waals surface area (Å²) in [4.78, 5) is 31.4. The molecule has 9 nitrogen and oxygen atoms in total. The van der Waals surface area contributed by atoms with Crippen molar-refractivity contribution >= 4 is 33.0 Å². The van der Waals surface area contributed by atoms with Crippen molar-refractivity contribution in [1.82, 2.24) is 23.2 Å². The molecule has 0 bridgehead atoms. The van der Waals surface area contributed by atoms with Crippen molar-refractivity contribution in [3.63, 3.8) is 0 Å². The zero-order valence-corrected chi connectivity index (χ0v) is 19.9. The van der Waals surface area contributed by atoms with Gasteiger partial charge in [0, 0.05) is 44.5 Å². The molecule has 0 saturated carbocycles. The van der Waals surface area contributed by atoms with Gasteiger partial charge in [-0.25, -0.2) is 13.4 Å². The van der Waals surface area contributed by atoms with Crippen LogP contribution in [-0.4, -0.2) is 69.9 Å². The molecule has 1 amide bonds. The molecule has 0 radical (unpaired) electrons. The average Bonchev–Trinajstić information content (AvgIpc) is 3.28. The smallest absolute Gasteiger partial charge is 0.276 e. The van der Waals surface area contributed by atoms with Crippen LogP contribution in [0, 0.1) is 0 Å². The lowest BCUT2D eigenvalue weighted by molar-refractivity contribution is 0.0698. The van der Waals surface area contributed by atoms with Gasteiger partial charge in [0.05, 0.1) is 35.1 Å². The molecule has 1 aliphatic heterocycles. The molecule has 1 fully saturated rings. The minimum absolute atomic E-state index is 0.152. The Hall–Kier alpha value is -2.95. The number of carbonyl (C=O) groups is 1. The lowest BCUT2D eigenvalue weighted by Gasteiger charge is -2.33. The Morgan fingerprint density at radius 2 is 1.94 bits per heavy atom. The standard InChI is InChI=1S/C22H24ClN5O4S/c1-3-4-7-26-14-20(28-15-24-13-19(28)22(26)30)16-5-6-17(18(23)12-16)21(29)25-8-10-27(11-9-25)33(2,31)32/h3-6,12-15H,7-11H2,1-2H3/b4-3+. The molecule has 3 aromatic rings. The molecule has 1 saturated heterocycles. The minimum Gasteiger partial charge on any atom is -0.336 e. The number of sulfonamides is 1. The highest BCUT2D eigenvalue weighted by Crippen LogP contribution is 2.27. The summed E-state index contributed by atoms with van der Waals surface area (Å²) in [7, 11) is -3.28. The number of rotatable bonds is 5. The Morgan fingerprint density at radius 3 is 2.58 bits per heavy atom. The molecular formula is C22H24ClN5O4S. The molecule has 2 aromatic heterocycles. The molecule has 11 heteroatoms. The SMILES string of the molecule is C/C=C/Cn1cc(-c2ccc(C(=O)N3CCN(S(C)(=O)=O)CC3)c(Cl)c2)n2cncc2c1=O. The predicted octanol–water partition coefficient (Wildman–Crippen LogP) is 2.11. The van der Waals surface area contributed by atoms with Crippen LogP contribution in [0.4, 0.5) is 0 Å². The zero-order chi connectivity index (χ0) is 23.8. The van der Waals surface area contributed by atoms with E-state index < -0.39 is 10.0 Å². The van der Waals surface area contributed by atoms with Gasteiger partial charge in [0.1, 0.15) is 5.52 Å². The minimum atomic E-state index is -3.28. The van der Waals surface area contributed by atoms with Gasteiger partial charge in [-0.15, -0.1) is 0 Å². The molecule has 0 N–H and O–H groups in total. The number of halogens is 1. The number of imidazole rings is 1. The maximum Gasteiger partial charge on any atom is 0.276 e. The first-order valence-electron chi connectivity index (χ1n) is 10.4. The molecule has 3 heterocycles. The van der Waals surface area contributed by atoms with Gasteiger partial charge < -0.3 is 9.47 Å². The number of aromatic nitrogens is 3. The van der Waals surface area contributed by atoms with Crippen molar-refractivity contribution in [3.05, 3.63) is 70.0 Å². The van der Waals surface area contributed by atoms with E-state index in [9.17, 15) is 18.0 Å². The number of hydrogen-bond donors (Lipinski definition) is 0. The average molecular weight is 490 g/mol. The number of nitrogens with zero attached hydrogens (tertiary/aromatic N) is 5. The van der Waals surface area contributed by atoms with Crippen LogP contribution >= 0.6 is 11.6 Å². The van der Waals surface area contributed by atoms with E-state index in [4.69, 9.17) is 11.6 Å². The Kier molecular flexibility index (Phi) is 6.42. The second-order valence-corrected chi connectivity index (χ2v) is 10.2. The fourth-order valence-corrected chi connectivity index (χ4v) is 4.96. The third-order valence-electron chi connectivity index (χ3n) is 5.68. The molecule has 174 valence electrons. The summed E-state index contributed by atoms with van der Waals surface area (Å²) in [5.41, 5.74) is 2.08. The van der Waals surface area contributed by atoms with Gasteiger partial charge in [-0.05, 0) is 19.1 Å². The van der Waals surface area contributed by atoms with Crippen molar-refractivity contribution in [3.8, 4) is 11.3 Å². The van der Waals surface area contributed by atoms with E-state index in [0.29, 0.717) is 36.4 Å². The molecule has 33 heavy (non-hydrogen) atoms. The number of hydrogen-bond acceptors (Lipinski definition) is 5. The highest BCUT2D eigenvalue weighted by atomic mass is 35.5. The Labute approximate surface area is 196 Å². The number of amides is 1. The summed E-state index contributed by atoms with van der Waals surface area (Å²) in [5, 5.41) is 0.280. The highest BCUT2D eigenvalue weighted by Gasteiger charge is 2.27. The van der Waals surface area contributed by atoms with E-state index in [0.717, 1.165) is 5.56 Å². The van der Waals surface area contributed by atoms with Crippen molar-refractivity contribution in [2.45, 2.75) is 13.5 Å². The van der Waals surface area contributed by atoms with Gasteiger partial charge in [0.15, 0.2) is 0 Å². The van der Waals surface area contributed by atoms with Gasteiger partial charge >= 0.3 is 0 Å². The molecular weight excluding hydrogens is 466 g/mol. The number of piperazine rings is 1. The summed E-state index contributed by atoms with van der Waals surface area (Å²) in [6.07, 6.45) is 9.76. The number of benzene rings is 1. The van der Waals surface area contributed by atoms with E-state index >= 15 is 0 Å². The fourth-order valence-electron chi connectivity index (χ4n) is 3.87. The normalized spacial score (nSPS) is 15.5. The van der Waals surface area contributed by atoms with Crippen molar-refractivity contribution in [1.29, 1.82) is 0 Å².